The molecule has 1 aliphatic rings. The third kappa shape index (κ3) is 4.25. The van der Waals surface area contributed by atoms with Gasteiger partial charge in [-0.3, -0.25) is 9.69 Å². The number of piperazine rings is 1. The maximum absolute atomic E-state index is 11.9. The lowest BCUT2D eigenvalue weighted by molar-refractivity contribution is -0.129. The van der Waals surface area contributed by atoms with E-state index in [2.05, 4.69) is 36.0 Å². The van der Waals surface area contributed by atoms with Gasteiger partial charge in [-0.15, -0.1) is 0 Å². The van der Waals surface area contributed by atoms with E-state index in [1.165, 1.54) is 0 Å². The molecule has 1 saturated heterocycles. The number of hydrogen-bond acceptors (Lipinski definition) is 3. The van der Waals surface area contributed by atoms with Gasteiger partial charge >= 0.3 is 0 Å². The molecule has 0 bridgehead atoms. The number of nitrogens with one attached hydrogen (secondary N) is 1. The van der Waals surface area contributed by atoms with Gasteiger partial charge in [0, 0.05) is 43.7 Å². The van der Waals surface area contributed by atoms with Gasteiger partial charge in [0.1, 0.15) is 0 Å². The SMILES string of the molecule is CN1CCN(C(C)(C)CNC(=O)C(C)(C)C)CC1. The van der Waals surface area contributed by atoms with Gasteiger partial charge in [0.25, 0.3) is 0 Å². The van der Waals surface area contributed by atoms with Crippen LogP contribution in [0.5, 0.6) is 0 Å². The van der Waals surface area contributed by atoms with Crippen molar-refractivity contribution < 1.29 is 4.79 Å². The van der Waals surface area contributed by atoms with Crippen molar-refractivity contribution in [3.05, 3.63) is 0 Å². The maximum Gasteiger partial charge on any atom is 0.225 e. The van der Waals surface area contributed by atoms with E-state index in [0.29, 0.717) is 6.54 Å². The molecular formula is C14H29N3O. The second kappa shape index (κ2) is 5.57. The van der Waals surface area contributed by atoms with Crippen molar-refractivity contribution in [1.82, 2.24) is 15.1 Å². The molecule has 0 radical (unpaired) electrons. The topological polar surface area (TPSA) is 35.6 Å². The van der Waals surface area contributed by atoms with Crippen LogP contribution in [0.3, 0.4) is 0 Å². The first-order valence-corrected chi connectivity index (χ1v) is 6.85. The Balaban J connectivity index is 2.47. The number of likely N-dealkylation sites (N-methyl/N-ethyl adjacent to an activating group) is 1. The van der Waals surface area contributed by atoms with Crippen LogP contribution in [0.1, 0.15) is 34.6 Å². The van der Waals surface area contributed by atoms with E-state index in [0.717, 1.165) is 26.2 Å². The van der Waals surface area contributed by atoms with Crippen LogP contribution in [0, 0.1) is 5.41 Å². The molecule has 0 aromatic rings. The van der Waals surface area contributed by atoms with Crippen LogP contribution >= 0.6 is 0 Å². The molecule has 1 rings (SSSR count). The van der Waals surface area contributed by atoms with E-state index in [1.54, 1.807) is 0 Å². The lowest BCUT2D eigenvalue weighted by Crippen LogP contribution is -2.58. The fourth-order valence-corrected chi connectivity index (χ4v) is 2.09. The zero-order valence-corrected chi connectivity index (χ0v) is 12.8. The molecule has 0 atom stereocenters. The fourth-order valence-electron chi connectivity index (χ4n) is 2.09. The smallest absolute Gasteiger partial charge is 0.225 e. The molecule has 0 spiro atoms. The average molecular weight is 255 g/mol. The van der Waals surface area contributed by atoms with Gasteiger partial charge in [-0.25, -0.2) is 0 Å². The molecule has 0 unspecified atom stereocenters. The van der Waals surface area contributed by atoms with Gasteiger partial charge < -0.3 is 10.2 Å². The molecule has 1 amide bonds. The summed E-state index contributed by atoms with van der Waals surface area (Å²) in [5.41, 5.74) is -0.277. The lowest BCUT2D eigenvalue weighted by Gasteiger charge is -2.43. The summed E-state index contributed by atoms with van der Waals surface area (Å²) in [5, 5.41) is 3.08. The highest BCUT2D eigenvalue weighted by atomic mass is 16.2. The molecule has 1 heterocycles. The predicted molar refractivity (Wildman–Crippen MR) is 75.6 cm³/mol. The molecule has 0 aliphatic carbocycles. The highest BCUT2D eigenvalue weighted by molar-refractivity contribution is 5.81. The maximum atomic E-state index is 11.9. The first-order valence-electron chi connectivity index (χ1n) is 6.85. The first-order chi connectivity index (χ1) is 8.13. The minimum atomic E-state index is -0.307. The van der Waals surface area contributed by atoms with E-state index in [1.807, 2.05) is 20.8 Å². The predicted octanol–water partition coefficient (Wildman–Crippen LogP) is 1.17. The Morgan fingerprint density at radius 1 is 1.06 bits per heavy atom. The van der Waals surface area contributed by atoms with Crippen molar-refractivity contribution in [3.8, 4) is 0 Å². The molecule has 1 aliphatic heterocycles. The van der Waals surface area contributed by atoms with Gasteiger partial charge in [0.15, 0.2) is 0 Å². The van der Waals surface area contributed by atoms with E-state index >= 15 is 0 Å². The van der Waals surface area contributed by atoms with E-state index < -0.39 is 0 Å². The minimum absolute atomic E-state index is 0.0299. The Morgan fingerprint density at radius 2 is 1.56 bits per heavy atom. The first kappa shape index (κ1) is 15.4. The van der Waals surface area contributed by atoms with Gasteiger partial charge in [-0.05, 0) is 20.9 Å². The van der Waals surface area contributed by atoms with Crippen molar-refractivity contribution in [2.75, 3.05) is 39.8 Å². The summed E-state index contributed by atoms with van der Waals surface area (Å²) in [6.07, 6.45) is 0. The standard InChI is InChI=1S/C14H29N3O/c1-13(2,3)12(18)15-11-14(4,5)17-9-7-16(6)8-10-17/h7-11H2,1-6H3,(H,15,18). The summed E-state index contributed by atoms with van der Waals surface area (Å²) < 4.78 is 0. The summed E-state index contributed by atoms with van der Waals surface area (Å²) in [4.78, 5) is 16.7. The van der Waals surface area contributed by atoms with Crippen molar-refractivity contribution in [2.24, 2.45) is 5.41 Å². The molecular weight excluding hydrogens is 226 g/mol. The molecule has 0 aromatic heterocycles. The van der Waals surface area contributed by atoms with Crippen LogP contribution in [0.15, 0.2) is 0 Å². The van der Waals surface area contributed by atoms with E-state index in [9.17, 15) is 4.79 Å². The van der Waals surface area contributed by atoms with Gasteiger partial charge in [-0.1, -0.05) is 20.8 Å². The summed E-state index contributed by atoms with van der Waals surface area (Å²) in [6, 6.07) is 0. The Labute approximate surface area is 112 Å². The van der Waals surface area contributed by atoms with Crippen LogP contribution in [0.25, 0.3) is 0 Å². The highest BCUT2D eigenvalue weighted by Gasteiger charge is 2.31. The van der Waals surface area contributed by atoms with Crippen LogP contribution in [-0.2, 0) is 4.79 Å². The van der Waals surface area contributed by atoms with Crippen LogP contribution in [-0.4, -0.2) is 61.0 Å². The molecule has 0 aromatic carbocycles. The van der Waals surface area contributed by atoms with Gasteiger partial charge in [-0.2, -0.15) is 0 Å². The second-order valence-electron chi connectivity index (χ2n) is 7.04. The van der Waals surface area contributed by atoms with Crippen LogP contribution < -0.4 is 5.32 Å². The molecule has 0 saturated carbocycles. The molecule has 1 fully saturated rings. The van der Waals surface area contributed by atoms with E-state index in [-0.39, 0.29) is 16.9 Å². The monoisotopic (exact) mass is 255 g/mol. The Kier molecular flexibility index (Phi) is 4.78. The Morgan fingerprint density at radius 3 is 2.00 bits per heavy atom. The summed E-state index contributed by atoms with van der Waals surface area (Å²) in [6.45, 7) is 15.4. The Hall–Kier alpha value is -0.610. The minimum Gasteiger partial charge on any atom is -0.354 e. The number of rotatable bonds is 3. The summed E-state index contributed by atoms with van der Waals surface area (Å²) in [5.74, 6) is 0.129. The number of carbonyl (C=O) groups excluding carboxylic acids is 1. The third-order valence-corrected chi connectivity index (χ3v) is 3.72. The summed E-state index contributed by atoms with van der Waals surface area (Å²) >= 11 is 0. The Bertz CT molecular complexity index is 286. The normalized spacial score (nSPS) is 19.9. The zero-order chi connectivity index (χ0) is 14.0. The van der Waals surface area contributed by atoms with Gasteiger partial charge in [0.2, 0.25) is 5.91 Å². The van der Waals surface area contributed by atoms with Crippen LogP contribution in [0.2, 0.25) is 0 Å². The molecule has 18 heavy (non-hydrogen) atoms. The van der Waals surface area contributed by atoms with Crippen molar-refractivity contribution in [1.29, 1.82) is 0 Å². The highest BCUT2D eigenvalue weighted by Crippen LogP contribution is 2.17. The zero-order valence-electron chi connectivity index (χ0n) is 12.8. The van der Waals surface area contributed by atoms with Crippen molar-refractivity contribution in [2.45, 2.75) is 40.2 Å². The number of amides is 1. The molecule has 4 nitrogen and oxygen atoms in total. The van der Waals surface area contributed by atoms with E-state index in [4.69, 9.17) is 0 Å². The molecule has 1 N–H and O–H groups in total. The van der Waals surface area contributed by atoms with Crippen molar-refractivity contribution >= 4 is 5.91 Å². The van der Waals surface area contributed by atoms with Crippen LogP contribution in [0.4, 0.5) is 0 Å². The fraction of sp³-hybridized carbons (Fsp3) is 0.929. The third-order valence-electron chi connectivity index (χ3n) is 3.72. The molecule has 4 heteroatoms. The average Bonchev–Trinajstić information content (AvgIpc) is 2.25. The van der Waals surface area contributed by atoms with Gasteiger partial charge in [0.05, 0.1) is 0 Å². The largest absolute Gasteiger partial charge is 0.354 e. The number of nitrogens with zero attached hydrogens (tertiary/aromatic N) is 2. The molecule has 106 valence electrons. The lowest BCUT2D eigenvalue weighted by atomic mass is 9.94. The number of hydrogen-bond donors (Lipinski definition) is 1. The summed E-state index contributed by atoms with van der Waals surface area (Å²) in [7, 11) is 2.16. The quantitative estimate of drug-likeness (QED) is 0.822. The van der Waals surface area contributed by atoms with Crippen molar-refractivity contribution in [3.63, 3.8) is 0 Å². The second-order valence-corrected chi connectivity index (χ2v) is 7.04. The number of carbonyl (C=O) groups is 1.